The Hall–Kier alpha value is 1.45. The van der Waals surface area contributed by atoms with E-state index in [1.807, 2.05) is 4.91 Å². The molecule has 26 heavy (non-hydrogen) atoms. The van der Waals surface area contributed by atoms with Crippen molar-refractivity contribution in [3.63, 3.8) is 0 Å². The van der Waals surface area contributed by atoms with Crippen molar-refractivity contribution in [1.82, 2.24) is 4.91 Å². The fraction of sp³-hybridized carbons (Fsp3) is 1.00. The second-order valence-electron chi connectivity index (χ2n) is 12.4. The topological polar surface area (TPSA) is 6.48 Å². The predicted octanol–water partition coefficient (Wildman–Crippen LogP) is 7.30. The zero-order chi connectivity index (χ0) is 21.6. The van der Waals surface area contributed by atoms with Crippen LogP contribution >= 0.6 is 0 Å². The number of hydrogen-bond donors (Lipinski definition) is 0. The molecule has 9 heteroatoms. The molecular weight excluding hydrogens is 501 g/mol. The van der Waals surface area contributed by atoms with Gasteiger partial charge in [0.05, 0.1) is 0 Å². The van der Waals surface area contributed by atoms with Crippen molar-refractivity contribution >= 4 is 51.6 Å². The van der Waals surface area contributed by atoms with E-state index in [-0.39, 0.29) is 4.44 Å². The summed E-state index contributed by atoms with van der Waals surface area (Å²) in [6.07, 6.45) is 0.648. The molecule has 0 aliphatic carbocycles. The average molecular weight is 549 g/mol. The fourth-order valence-corrected chi connectivity index (χ4v) is 83.8. The van der Waals surface area contributed by atoms with E-state index < -0.39 is 51.6 Å². The van der Waals surface area contributed by atoms with E-state index >= 15 is 5.73 Å². The van der Waals surface area contributed by atoms with Crippen LogP contribution in [-0.4, -0.2) is 56.5 Å². The first-order chi connectivity index (χ1) is 10.9. The van der Waals surface area contributed by atoms with Crippen LogP contribution in [0.25, 0.3) is 0 Å². The summed E-state index contributed by atoms with van der Waals surface area (Å²) < 4.78 is 39.6. The molecule has 0 saturated heterocycles. The molecule has 0 fully saturated rings. The van der Waals surface area contributed by atoms with Gasteiger partial charge in [-0.15, -0.1) is 0 Å². The van der Waals surface area contributed by atoms with Crippen molar-refractivity contribution in [1.29, 1.82) is 0 Å². The quantitative estimate of drug-likeness (QED) is 0.279. The van der Waals surface area contributed by atoms with Crippen molar-refractivity contribution in [2.75, 3.05) is 0 Å². The normalized spacial score (nSPS) is 17.1. The average Bonchev–Trinajstić information content (AvgIpc) is 2.15. The first kappa shape index (κ1) is 27.4. The maximum atomic E-state index is 17.7. The van der Waals surface area contributed by atoms with Gasteiger partial charge in [0.25, 0.3) is 0 Å². The Morgan fingerprint density at radius 3 is 1.00 bits per heavy atom. The van der Waals surface area contributed by atoms with E-state index in [1.54, 1.807) is 0 Å². The van der Waals surface area contributed by atoms with Gasteiger partial charge in [-0.1, -0.05) is 0 Å². The first-order valence-electron chi connectivity index (χ1n) is 10.1. The molecule has 0 amide bonds. The molecule has 0 atom stereocenters. The van der Waals surface area contributed by atoms with Crippen molar-refractivity contribution in [2.24, 2.45) is 5.92 Å². The molecule has 2 nitrogen and oxygen atoms in total. The molecule has 0 N–H and O–H groups in total. The Labute approximate surface area is 170 Å². The Kier molecular flexibility index (Phi) is 8.38. The molecule has 0 rings (SSSR count). The Morgan fingerprint density at radius 2 is 0.846 bits per heavy atom. The third-order valence-electron chi connectivity index (χ3n) is 4.67. The second kappa shape index (κ2) is 7.94. The third kappa shape index (κ3) is 6.48. The van der Waals surface area contributed by atoms with Crippen LogP contribution in [0.15, 0.2) is 0 Å². The summed E-state index contributed by atoms with van der Waals surface area (Å²) in [5, 5.41) is 0. The van der Waals surface area contributed by atoms with Gasteiger partial charge in [0.15, 0.2) is 0 Å². The van der Waals surface area contributed by atoms with Gasteiger partial charge < -0.3 is 0 Å². The van der Waals surface area contributed by atoms with Crippen LogP contribution in [0.5, 0.6) is 0 Å². The molecule has 0 saturated carbocycles. The van der Waals surface area contributed by atoms with Gasteiger partial charge in [0.2, 0.25) is 0 Å². The van der Waals surface area contributed by atoms with E-state index in [1.165, 1.54) is 0 Å². The van der Waals surface area contributed by atoms with Crippen LogP contribution in [0.2, 0.25) is 83.0 Å². The van der Waals surface area contributed by atoms with Crippen LogP contribution in [0, 0.1) is 5.92 Å². The van der Waals surface area contributed by atoms with E-state index in [2.05, 4.69) is 92.4 Å². The first-order valence-corrected chi connectivity index (χ1v) is 30.7. The minimum absolute atomic E-state index is 0.155. The monoisotopic (exact) mass is 549 g/mol. The summed E-state index contributed by atoms with van der Waals surface area (Å²) >= 11 is -6.38. The summed E-state index contributed by atoms with van der Waals surface area (Å²) in [6.45, 7) is 30.0. The molecule has 0 spiro atoms. The Balaban J connectivity index is 7.02. The van der Waals surface area contributed by atoms with Crippen LogP contribution in [-0.2, 0) is 0 Å². The van der Waals surface area contributed by atoms with Crippen LogP contribution in [0.3, 0.4) is 0 Å². The van der Waals surface area contributed by atoms with Gasteiger partial charge >= 0.3 is 171 Å². The molecule has 0 aromatic rings. The zero-order valence-corrected chi connectivity index (χ0v) is 27.0. The van der Waals surface area contributed by atoms with Gasteiger partial charge in [-0.3, -0.25) is 0 Å². The van der Waals surface area contributed by atoms with Crippen LogP contribution in [0.4, 0.5) is 5.73 Å². The van der Waals surface area contributed by atoms with Gasteiger partial charge in [0, 0.05) is 0 Å². The van der Waals surface area contributed by atoms with Crippen molar-refractivity contribution in [2.45, 2.75) is 103 Å². The molecule has 0 heterocycles. The summed E-state index contributed by atoms with van der Waals surface area (Å²) in [5.74, 6) is 0.324. The zero-order valence-electron chi connectivity index (χ0n) is 20.1. The SMILES string of the molecule is CC(C)C[CH2][Sn-]([F])([F])([N]([Si](C)(C)C)[Si](C)(C)C)[N]([Si](C)(C)C)[Si](C)(C)C. The molecule has 160 valence electrons. The van der Waals surface area contributed by atoms with E-state index in [0.29, 0.717) is 12.3 Å². The van der Waals surface area contributed by atoms with Gasteiger partial charge in [-0.05, 0) is 0 Å². The molecule has 0 unspecified atom stereocenters. The minimum atomic E-state index is -6.38. The third-order valence-corrected chi connectivity index (χ3v) is 60.6. The maximum absolute atomic E-state index is 17.7. The van der Waals surface area contributed by atoms with E-state index in [0.717, 1.165) is 0 Å². The summed E-state index contributed by atoms with van der Waals surface area (Å²) in [4.78, 5) is 0. The molecule has 0 aromatic carbocycles. The molecule has 0 aromatic heterocycles. The van der Waals surface area contributed by atoms with Gasteiger partial charge in [-0.25, -0.2) is 0 Å². The summed E-state index contributed by atoms with van der Waals surface area (Å²) in [5.41, 5.74) is 0. The second-order valence-corrected chi connectivity index (χ2v) is 47.8. The molecule has 0 aliphatic heterocycles. The number of nitrogens with zero attached hydrogens (tertiary/aromatic N) is 2. The molecule has 0 radical (unpaired) electrons. The number of halogens is 2. The van der Waals surface area contributed by atoms with Gasteiger partial charge in [0.1, 0.15) is 0 Å². The number of hydrogen-bond acceptors (Lipinski definition) is 2. The van der Waals surface area contributed by atoms with Crippen molar-refractivity contribution in [3.8, 4) is 0 Å². The van der Waals surface area contributed by atoms with Crippen molar-refractivity contribution in [3.05, 3.63) is 0 Å². The molecule has 0 bridgehead atoms. The Morgan fingerprint density at radius 1 is 0.615 bits per heavy atom. The van der Waals surface area contributed by atoms with Gasteiger partial charge in [-0.2, -0.15) is 0 Å². The Bertz CT molecular complexity index is 425. The van der Waals surface area contributed by atoms with E-state index in [4.69, 9.17) is 0 Å². The summed E-state index contributed by atoms with van der Waals surface area (Å²) in [6, 6.07) is 0. The molecule has 0 aliphatic rings. The number of rotatable bonds is 9. The standard InChI is InChI=1S/2C6H18NSi2.C5H11.2FH.Sn/c2*1-8(2,3)7-9(4,5)6;1-4-5(2)3;;;/h2*1-6H3;5H,1,4H2,2-3H3;2*1H;/q2*-1;;;;+3/p-2. The fourth-order valence-electron chi connectivity index (χ4n) is 5.43. The van der Waals surface area contributed by atoms with E-state index in [9.17, 15) is 0 Å². The summed E-state index contributed by atoms with van der Waals surface area (Å²) in [7, 11) is -8.72. The van der Waals surface area contributed by atoms with Crippen LogP contribution < -0.4 is 0 Å². The van der Waals surface area contributed by atoms with Crippen LogP contribution in [0.1, 0.15) is 20.3 Å². The van der Waals surface area contributed by atoms with Crippen molar-refractivity contribution < 1.29 is 5.73 Å². The molecular formula is C17H47F2N2Si4Sn-. The predicted molar refractivity (Wildman–Crippen MR) is 129 cm³/mol.